The van der Waals surface area contributed by atoms with Crippen molar-refractivity contribution in [3.8, 4) is 0 Å². The summed E-state index contributed by atoms with van der Waals surface area (Å²) in [5.41, 5.74) is 6.55. The Labute approximate surface area is 104 Å². The van der Waals surface area contributed by atoms with Crippen LogP contribution in [-0.2, 0) is 4.79 Å². The minimum Gasteiger partial charge on any atom is -0.375 e. The molecular formula is C10H17N3OS2. The van der Waals surface area contributed by atoms with Gasteiger partial charge in [-0.15, -0.1) is 11.8 Å². The van der Waals surface area contributed by atoms with Crippen LogP contribution in [0.2, 0.25) is 0 Å². The van der Waals surface area contributed by atoms with E-state index in [-0.39, 0.29) is 11.9 Å². The van der Waals surface area contributed by atoms with Gasteiger partial charge in [0, 0.05) is 18.2 Å². The first-order chi connectivity index (χ1) is 7.49. The Morgan fingerprint density at radius 1 is 1.62 bits per heavy atom. The second kappa shape index (κ2) is 6.10. The van der Waals surface area contributed by atoms with E-state index in [9.17, 15) is 4.79 Å². The van der Waals surface area contributed by atoms with Crippen LogP contribution < -0.4 is 11.1 Å². The summed E-state index contributed by atoms with van der Waals surface area (Å²) in [6, 6.07) is 0.207. The Morgan fingerprint density at radius 2 is 2.31 bits per heavy atom. The molecule has 0 saturated heterocycles. The Hall–Kier alpha value is -0.750. The molecule has 0 radical (unpaired) electrons. The molecule has 1 aromatic heterocycles. The Morgan fingerprint density at radius 3 is 2.81 bits per heavy atom. The molecule has 16 heavy (non-hydrogen) atoms. The van der Waals surface area contributed by atoms with Crippen LogP contribution in [0.5, 0.6) is 0 Å². The van der Waals surface area contributed by atoms with E-state index in [0.717, 1.165) is 15.7 Å². The number of thioether (sulfide) groups is 1. The summed E-state index contributed by atoms with van der Waals surface area (Å²) in [7, 11) is 0. The highest BCUT2D eigenvalue weighted by Crippen LogP contribution is 2.30. The fourth-order valence-corrected chi connectivity index (χ4v) is 3.20. The number of rotatable bonds is 5. The number of carbonyl (C=O) groups is 1. The van der Waals surface area contributed by atoms with Gasteiger partial charge in [0.15, 0.2) is 5.13 Å². The molecule has 3 N–H and O–H groups in total. The van der Waals surface area contributed by atoms with Crippen molar-refractivity contribution in [1.29, 1.82) is 0 Å². The summed E-state index contributed by atoms with van der Waals surface area (Å²) >= 11 is 3.12. The Balaban J connectivity index is 2.30. The maximum absolute atomic E-state index is 11.4. The van der Waals surface area contributed by atoms with Gasteiger partial charge in [-0.25, -0.2) is 4.98 Å². The summed E-state index contributed by atoms with van der Waals surface area (Å²) in [5.74, 6) is 0.860. The maximum Gasteiger partial charge on any atom is 0.221 e. The zero-order valence-corrected chi connectivity index (χ0v) is 11.4. The Kier molecular flexibility index (Phi) is 5.08. The molecule has 1 aromatic rings. The number of carbonyl (C=O) groups excluding carboxylic acids is 1. The van der Waals surface area contributed by atoms with Crippen LogP contribution in [0.3, 0.4) is 0 Å². The van der Waals surface area contributed by atoms with E-state index in [1.807, 2.05) is 20.8 Å². The molecule has 4 nitrogen and oxygen atoms in total. The third kappa shape index (κ3) is 4.40. The minimum absolute atomic E-state index is 0.0950. The molecule has 0 bridgehead atoms. The van der Waals surface area contributed by atoms with Gasteiger partial charge in [0.25, 0.3) is 0 Å². The van der Waals surface area contributed by atoms with E-state index in [1.54, 1.807) is 11.8 Å². The number of aromatic nitrogens is 1. The highest BCUT2D eigenvalue weighted by molar-refractivity contribution is 8.01. The number of anilines is 1. The summed E-state index contributed by atoms with van der Waals surface area (Å²) < 4.78 is 1.11. The number of nitrogen functional groups attached to an aromatic ring is 1. The lowest BCUT2D eigenvalue weighted by Crippen LogP contribution is -2.30. The third-order valence-electron chi connectivity index (χ3n) is 1.78. The van der Waals surface area contributed by atoms with Crippen molar-refractivity contribution in [2.24, 2.45) is 0 Å². The van der Waals surface area contributed by atoms with E-state index in [1.165, 1.54) is 11.3 Å². The fraction of sp³-hybridized carbons (Fsp3) is 0.600. The molecule has 0 aliphatic rings. The molecule has 0 saturated carbocycles. The molecule has 0 fully saturated rings. The van der Waals surface area contributed by atoms with Crippen molar-refractivity contribution >= 4 is 34.1 Å². The van der Waals surface area contributed by atoms with Crippen LogP contribution in [0.15, 0.2) is 4.21 Å². The number of hydrogen-bond donors (Lipinski definition) is 2. The van der Waals surface area contributed by atoms with Gasteiger partial charge in [0.05, 0.1) is 9.90 Å². The molecule has 0 aliphatic carbocycles. The van der Waals surface area contributed by atoms with E-state index in [2.05, 4.69) is 10.3 Å². The molecule has 0 spiro atoms. The van der Waals surface area contributed by atoms with Crippen molar-refractivity contribution < 1.29 is 4.79 Å². The van der Waals surface area contributed by atoms with Crippen LogP contribution in [0.1, 0.15) is 26.0 Å². The zero-order valence-electron chi connectivity index (χ0n) is 9.74. The van der Waals surface area contributed by atoms with Crippen LogP contribution in [-0.4, -0.2) is 22.7 Å². The molecule has 6 heteroatoms. The number of thiazole rings is 1. The van der Waals surface area contributed by atoms with E-state index < -0.39 is 0 Å². The van der Waals surface area contributed by atoms with Gasteiger partial charge in [-0.2, -0.15) is 0 Å². The number of hydrogen-bond acceptors (Lipinski definition) is 5. The standard InChI is InChI=1S/C10H17N3OS2/c1-6(2)12-8(14)4-5-15-9-7(3)13-10(11)16-9/h6H,4-5H2,1-3H3,(H2,11,13)(H,12,14). The van der Waals surface area contributed by atoms with Gasteiger partial charge in [-0.1, -0.05) is 11.3 Å². The molecule has 0 atom stereocenters. The molecule has 0 aliphatic heterocycles. The lowest BCUT2D eigenvalue weighted by molar-refractivity contribution is -0.121. The van der Waals surface area contributed by atoms with Crippen molar-refractivity contribution in [2.45, 2.75) is 37.4 Å². The lowest BCUT2D eigenvalue weighted by Gasteiger charge is -2.07. The normalized spacial score (nSPS) is 10.8. The zero-order chi connectivity index (χ0) is 12.1. The van der Waals surface area contributed by atoms with E-state index >= 15 is 0 Å². The third-order valence-corrected chi connectivity index (χ3v) is 4.13. The quantitative estimate of drug-likeness (QED) is 0.794. The van der Waals surface area contributed by atoms with Gasteiger partial charge < -0.3 is 11.1 Å². The first-order valence-electron chi connectivity index (χ1n) is 5.14. The number of nitrogens with two attached hydrogens (primary N) is 1. The summed E-state index contributed by atoms with van der Waals surface area (Å²) in [5, 5.41) is 3.45. The molecule has 1 rings (SSSR count). The monoisotopic (exact) mass is 259 g/mol. The molecule has 90 valence electrons. The second-order valence-electron chi connectivity index (χ2n) is 3.75. The first kappa shape index (κ1) is 13.3. The van der Waals surface area contributed by atoms with Crippen LogP contribution in [0.25, 0.3) is 0 Å². The van der Waals surface area contributed by atoms with Gasteiger partial charge in [0.1, 0.15) is 0 Å². The largest absolute Gasteiger partial charge is 0.375 e. The number of nitrogens with zero attached hydrogens (tertiary/aromatic N) is 1. The molecule has 0 unspecified atom stereocenters. The van der Waals surface area contributed by atoms with Crippen molar-refractivity contribution in [1.82, 2.24) is 10.3 Å². The van der Waals surface area contributed by atoms with Crippen molar-refractivity contribution in [3.05, 3.63) is 5.69 Å². The smallest absolute Gasteiger partial charge is 0.221 e. The summed E-state index contributed by atoms with van der Waals surface area (Å²) in [6.07, 6.45) is 0.528. The molecule has 1 heterocycles. The predicted molar refractivity (Wildman–Crippen MR) is 69.9 cm³/mol. The number of amides is 1. The van der Waals surface area contributed by atoms with E-state index in [0.29, 0.717) is 11.6 Å². The van der Waals surface area contributed by atoms with Crippen LogP contribution >= 0.6 is 23.1 Å². The molecule has 1 amide bonds. The summed E-state index contributed by atoms with van der Waals surface area (Å²) in [6.45, 7) is 5.85. The van der Waals surface area contributed by atoms with Gasteiger partial charge >= 0.3 is 0 Å². The van der Waals surface area contributed by atoms with Crippen molar-refractivity contribution in [3.63, 3.8) is 0 Å². The second-order valence-corrected chi connectivity index (χ2v) is 6.14. The number of nitrogens with one attached hydrogen (secondary N) is 1. The van der Waals surface area contributed by atoms with Gasteiger partial charge in [-0.05, 0) is 20.8 Å². The molecule has 0 aromatic carbocycles. The average molecular weight is 259 g/mol. The van der Waals surface area contributed by atoms with Crippen LogP contribution in [0.4, 0.5) is 5.13 Å². The van der Waals surface area contributed by atoms with Crippen LogP contribution in [0, 0.1) is 6.92 Å². The fourth-order valence-electron chi connectivity index (χ4n) is 1.17. The maximum atomic E-state index is 11.4. The topological polar surface area (TPSA) is 68.0 Å². The minimum atomic E-state index is 0.0950. The SMILES string of the molecule is Cc1nc(N)sc1SCCC(=O)NC(C)C. The lowest BCUT2D eigenvalue weighted by atomic mass is 10.3. The number of aryl methyl sites for hydroxylation is 1. The van der Waals surface area contributed by atoms with Gasteiger partial charge in [0.2, 0.25) is 5.91 Å². The Bertz CT molecular complexity index is 363. The van der Waals surface area contributed by atoms with E-state index in [4.69, 9.17) is 5.73 Å². The predicted octanol–water partition coefficient (Wildman–Crippen LogP) is 2.04. The average Bonchev–Trinajstić information content (AvgIpc) is 2.44. The van der Waals surface area contributed by atoms with Gasteiger partial charge in [-0.3, -0.25) is 4.79 Å². The first-order valence-corrected chi connectivity index (χ1v) is 6.94. The highest BCUT2D eigenvalue weighted by atomic mass is 32.2. The van der Waals surface area contributed by atoms with Crippen molar-refractivity contribution in [2.75, 3.05) is 11.5 Å². The highest BCUT2D eigenvalue weighted by Gasteiger charge is 2.08. The molecular weight excluding hydrogens is 242 g/mol. The summed E-state index contributed by atoms with van der Waals surface area (Å²) in [4.78, 5) is 15.5.